The monoisotopic (exact) mass is 1160 g/mol. The van der Waals surface area contributed by atoms with Crippen molar-refractivity contribution >= 4 is 82.5 Å². The molecule has 91 heavy (non-hydrogen) atoms. The molecule has 0 bridgehead atoms. The van der Waals surface area contributed by atoms with E-state index in [1.165, 1.54) is 71.4 Å². The molecule has 13 aromatic carbocycles. The fourth-order valence-corrected chi connectivity index (χ4v) is 14.5. The van der Waals surface area contributed by atoms with Crippen molar-refractivity contribution in [3.8, 4) is 73.5 Å². The van der Waals surface area contributed by atoms with Crippen molar-refractivity contribution in [2.75, 3.05) is 4.90 Å². The number of aromatic nitrogens is 6. The highest BCUT2D eigenvalue weighted by Gasteiger charge is 2.36. The number of rotatable bonds is 10. The predicted octanol–water partition coefficient (Wildman–Crippen LogP) is 21.6. The van der Waals surface area contributed by atoms with Gasteiger partial charge in [0.1, 0.15) is 0 Å². The summed E-state index contributed by atoms with van der Waals surface area (Å²) in [5.74, 6) is 1.81. The summed E-state index contributed by atoms with van der Waals surface area (Å²) in [4.78, 5) is 18.1. The summed E-state index contributed by atoms with van der Waals surface area (Å²) >= 11 is 0. The normalized spacial score (nSPS) is 12.6. The van der Waals surface area contributed by atoms with Crippen LogP contribution < -0.4 is 4.90 Å². The lowest BCUT2D eigenvalue weighted by atomic mass is 9.82. The Bertz CT molecular complexity index is 5590. The summed E-state index contributed by atoms with van der Waals surface area (Å²) in [5, 5.41) is 7.21. The quantitative estimate of drug-likeness (QED) is 0.137. The van der Waals surface area contributed by atoms with Crippen LogP contribution in [-0.4, -0.2) is 28.7 Å². The third-order valence-corrected chi connectivity index (χ3v) is 18.9. The van der Waals surface area contributed by atoms with Crippen molar-refractivity contribution in [1.82, 2.24) is 28.7 Å². The topological polar surface area (TPSA) is 56.7 Å². The molecule has 7 heteroatoms. The number of hydrogen-bond acceptors (Lipinski definition) is 4. The van der Waals surface area contributed by atoms with Crippen molar-refractivity contribution < 1.29 is 0 Å². The van der Waals surface area contributed by atoms with Crippen LogP contribution in [0.15, 0.2) is 309 Å². The van der Waals surface area contributed by atoms with E-state index in [9.17, 15) is 0 Å². The fraction of sp³-hybridized carbons (Fsp3) is 0.0357. The lowest BCUT2D eigenvalue weighted by molar-refractivity contribution is 0.661. The van der Waals surface area contributed by atoms with Crippen LogP contribution in [0.3, 0.4) is 0 Å². The van der Waals surface area contributed by atoms with Crippen LogP contribution in [0.1, 0.15) is 25.0 Å². The van der Waals surface area contributed by atoms with Gasteiger partial charge in [-0.2, -0.15) is 9.97 Å². The zero-order chi connectivity index (χ0) is 60.3. The Hall–Kier alpha value is -11.9. The summed E-state index contributed by atoms with van der Waals surface area (Å²) in [6, 6.07) is 112. The lowest BCUT2D eigenvalue weighted by Gasteiger charge is -2.26. The number of fused-ring (bicyclic) bond motifs is 12. The second kappa shape index (κ2) is 20.6. The first kappa shape index (κ1) is 52.2. The van der Waals surface area contributed by atoms with Gasteiger partial charge in [-0.15, -0.1) is 0 Å². The van der Waals surface area contributed by atoms with Crippen molar-refractivity contribution in [2.24, 2.45) is 0 Å². The first-order valence-electron chi connectivity index (χ1n) is 31.2. The van der Waals surface area contributed by atoms with E-state index in [4.69, 9.17) is 15.0 Å². The van der Waals surface area contributed by atoms with E-state index in [1.807, 2.05) is 36.4 Å². The molecule has 18 rings (SSSR count). The molecular formula is C84H57N7. The lowest BCUT2D eigenvalue weighted by Crippen LogP contribution is -2.15. The van der Waals surface area contributed by atoms with Gasteiger partial charge >= 0.3 is 0 Å². The SMILES string of the molecule is CC1(C)c2ccccc2-c2cc3c4cc(-c5ccc(N(c6ccc(-c7ccc8c(c7)c7ccccc7n8-c7ccccc7)cc6)c6ccc(-n7c8ccccc8c8ccccc87)cc6)cc5)ccc4n(-c4nc(-c5ccccc5)nc(-c5ccccc5)n4)c3cc21. The van der Waals surface area contributed by atoms with Crippen LogP contribution in [0.25, 0.3) is 139 Å². The minimum absolute atomic E-state index is 0.219. The number of anilines is 3. The maximum atomic E-state index is 5.32. The zero-order valence-corrected chi connectivity index (χ0v) is 50.1. The van der Waals surface area contributed by atoms with E-state index in [-0.39, 0.29) is 5.41 Å². The Kier molecular flexibility index (Phi) is 11.8. The Labute approximate surface area is 526 Å². The summed E-state index contributed by atoms with van der Waals surface area (Å²) in [7, 11) is 0. The third-order valence-electron chi connectivity index (χ3n) is 18.9. The van der Waals surface area contributed by atoms with Gasteiger partial charge in [0.15, 0.2) is 11.6 Å². The largest absolute Gasteiger partial charge is 0.311 e. The summed E-state index contributed by atoms with van der Waals surface area (Å²) in [6.07, 6.45) is 0. The smallest absolute Gasteiger partial charge is 0.238 e. The third kappa shape index (κ3) is 8.39. The Morgan fingerprint density at radius 3 is 1.20 bits per heavy atom. The molecule has 0 spiro atoms. The van der Waals surface area contributed by atoms with E-state index in [2.05, 4.69) is 305 Å². The average Bonchev–Trinajstić information content (AvgIpc) is 1.57. The zero-order valence-electron chi connectivity index (χ0n) is 50.1. The average molecular weight is 1160 g/mol. The van der Waals surface area contributed by atoms with Gasteiger partial charge in [-0.25, -0.2) is 4.98 Å². The molecule has 0 fully saturated rings. The molecular weight excluding hydrogens is 1110 g/mol. The van der Waals surface area contributed by atoms with Crippen LogP contribution in [0, 0.1) is 0 Å². The molecule has 0 radical (unpaired) electrons. The summed E-state index contributed by atoms with van der Waals surface area (Å²) < 4.78 is 7.01. The molecule has 7 nitrogen and oxygen atoms in total. The van der Waals surface area contributed by atoms with Gasteiger partial charge < -0.3 is 14.0 Å². The van der Waals surface area contributed by atoms with Crippen molar-refractivity contribution in [1.29, 1.82) is 0 Å². The molecule has 0 saturated carbocycles. The Morgan fingerprint density at radius 1 is 0.264 bits per heavy atom. The maximum Gasteiger partial charge on any atom is 0.238 e. The van der Waals surface area contributed by atoms with Gasteiger partial charge in [0.05, 0.1) is 33.1 Å². The number of hydrogen-bond donors (Lipinski definition) is 0. The van der Waals surface area contributed by atoms with Gasteiger partial charge in [0.2, 0.25) is 5.95 Å². The van der Waals surface area contributed by atoms with E-state index in [1.54, 1.807) is 0 Å². The summed E-state index contributed by atoms with van der Waals surface area (Å²) in [5.41, 5.74) is 23.6. The molecule has 17 aromatic rings. The van der Waals surface area contributed by atoms with E-state index in [0.29, 0.717) is 17.6 Å². The standard InChI is InChI=1S/C84H57N7/c1-84(2)73-30-16-12-26-65(73)69-52-72-71-51-59(39-49-79(71)91(80(72)53-74(69)84)83-86-81(56-20-6-3-7-21-56)85-82(87-83)57-22-8-4-9-23-57)55-36-42-62(43-37-55)88(63-44-46-64(47-45-63)90-75-31-17-13-27-66(75)67-28-14-18-32-76(67)90)61-40-34-54(35-41-61)58-38-48-78-70(50-58)68-29-15-19-33-77(68)89(78)60-24-10-5-11-25-60/h3-53H,1-2H3. The first-order valence-corrected chi connectivity index (χ1v) is 31.2. The molecule has 0 amide bonds. The molecule has 428 valence electrons. The second-order valence-corrected chi connectivity index (χ2v) is 24.4. The maximum absolute atomic E-state index is 5.32. The summed E-state index contributed by atoms with van der Waals surface area (Å²) in [6.45, 7) is 4.68. The molecule has 1 aliphatic carbocycles. The van der Waals surface area contributed by atoms with Gasteiger partial charge in [0, 0.05) is 77.3 Å². The van der Waals surface area contributed by atoms with Crippen LogP contribution in [0.4, 0.5) is 17.1 Å². The molecule has 0 saturated heterocycles. The number of benzene rings is 13. The van der Waals surface area contributed by atoms with Crippen molar-refractivity contribution in [3.05, 3.63) is 321 Å². The molecule has 0 unspecified atom stereocenters. The molecule has 0 aliphatic heterocycles. The van der Waals surface area contributed by atoms with Crippen molar-refractivity contribution in [3.63, 3.8) is 0 Å². The number of nitrogens with zero attached hydrogens (tertiary/aromatic N) is 7. The van der Waals surface area contributed by atoms with Crippen LogP contribution >= 0.6 is 0 Å². The van der Waals surface area contributed by atoms with Gasteiger partial charge in [-0.3, -0.25) is 4.57 Å². The molecule has 4 aromatic heterocycles. The van der Waals surface area contributed by atoms with E-state index in [0.717, 1.165) is 78.1 Å². The number of para-hydroxylation sites is 4. The highest BCUT2D eigenvalue weighted by Crippen LogP contribution is 2.51. The second-order valence-electron chi connectivity index (χ2n) is 24.4. The highest BCUT2D eigenvalue weighted by molar-refractivity contribution is 6.14. The van der Waals surface area contributed by atoms with Gasteiger partial charge in [0.25, 0.3) is 0 Å². The fourth-order valence-electron chi connectivity index (χ4n) is 14.5. The van der Waals surface area contributed by atoms with E-state index >= 15 is 0 Å². The van der Waals surface area contributed by atoms with Gasteiger partial charge in [-0.1, -0.05) is 208 Å². The predicted molar refractivity (Wildman–Crippen MR) is 377 cm³/mol. The molecule has 1 aliphatic rings. The minimum Gasteiger partial charge on any atom is -0.311 e. The van der Waals surface area contributed by atoms with Crippen molar-refractivity contribution in [2.45, 2.75) is 19.3 Å². The van der Waals surface area contributed by atoms with Crippen LogP contribution in [0.2, 0.25) is 0 Å². The molecule has 4 heterocycles. The molecule has 0 atom stereocenters. The Morgan fingerprint density at radius 2 is 0.659 bits per heavy atom. The van der Waals surface area contributed by atoms with Crippen LogP contribution in [0.5, 0.6) is 0 Å². The Balaban J connectivity index is 0.765. The van der Waals surface area contributed by atoms with Gasteiger partial charge in [-0.05, 0) is 160 Å². The first-order chi connectivity index (χ1) is 44.9. The molecule has 0 N–H and O–H groups in total. The highest BCUT2D eigenvalue weighted by atomic mass is 15.2. The minimum atomic E-state index is -0.219. The van der Waals surface area contributed by atoms with E-state index < -0.39 is 0 Å². The van der Waals surface area contributed by atoms with Crippen LogP contribution in [-0.2, 0) is 5.41 Å².